The molecule has 9 nitrogen and oxygen atoms in total. The highest BCUT2D eigenvalue weighted by molar-refractivity contribution is 5.89. The first-order valence-corrected chi connectivity index (χ1v) is 10.5. The van der Waals surface area contributed by atoms with E-state index in [1.165, 1.54) is 13.2 Å². The minimum atomic E-state index is -1.69. The molecule has 1 aliphatic rings. The molecule has 0 unspecified atom stereocenters. The van der Waals surface area contributed by atoms with Crippen molar-refractivity contribution in [3.05, 3.63) is 12.2 Å². The van der Waals surface area contributed by atoms with Crippen molar-refractivity contribution in [2.45, 2.75) is 76.9 Å². The fourth-order valence-corrected chi connectivity index (χ4v) is 3.26. The van der Waals surface area contributed by atoms with Gasteiger partial charge < -0.3 is 35.4 Å². The Hall–Kier alpha value is -1.52. The van der Waals surface area contributed by atoms with Crippen LogP contribution in [0.2, 0.25) is 0 Å². The molecule has 1 rings (SSSR count). The van der Waals surface area contributed by atoms with Crippen molar-refractivity contribution in [1.29, 1.82) is 0 Å². The molecule has 0 saturated carbocycles. The smallest absolute Gasteiger partial charge is 0.252 e. The molecule has 0 aromatic rings. The predicted octanol–water partition coefficient (Wildman–Crippen LogP) is -0.434. The van der Waals surface area contributed by atoms with Crippen LogP contribution in [0.5, 0.6) is 0 Å². The van der Waals surface area contributed by atoms with Gasteiger partial charge in [-0.3, -0.25) is 9.59 Å². The lowest BCUT2D eigenvalue weighted by atomic mass is 9.94. The summed E-state index contributed by atoms with van der Waals surface area (Å²) in [6, 6.07) is -0.772. The van der Waals surface area contributed by atoms with Crippen LogP contribution in [0.1, 0.15) is 46.5 Å². The zero-order valence-corrected chi connectivity index (χ0v) is 18.5. The highest BCUT2D eigenvalue weighted by Gasteiger charge is 2.37. The van der Waals surface area contributed by atoms with Gasteiger partial charge in [0.2, 0.25) is 5.91 Å². The van der Waals surface area contributed by atoms with Crippen LogP contribution in [0.25, 0.3) is 0 Å². The number of rotatable bonds is 10. The van der Waals surface area contributed by atoms with Crippen LogP contribution < -0.4 is 5.32 Å². The van der Waals surface area contributed by atoms with E-state index in [4.69, 9.17) is 9.84 Å². The van der Waals surface area contributed by atoms with Crippen LogP contribution >= 0.6 is 0 Å². The number of aliphatic hydroxyl groups is 4. The molecule has 2 amide bonds. The number of hydrogen-bond acceptors (Lipinski definition) is 7. The molecule has 5 atom stereocenters. The zero-order chi connectivity index (χ0) is 22.9. The van der Waals surface area contributed by atoms with Crippen LogP contribution in [0, 0.1) is 5.41 Å². The van der Waals surface area contributed by atoms with E-state index in [9.17, 15) is 24.9 Å². The highest BCUT2D eigenvalue weighted by atomic mass is 16.5. The Morgan fingerprint density at radius 1 is 1.27 bits per heavy atom. The number of methoxy groups -OCH3 is 1. The minimum absolute atomic E-state index is 0.0252. The predicted molar refractivity (Wildman–Crippen MR) is 111 cm³/mol. The van der Waals surface area contributed by atoms with Gasteiger partial charge in [0, 0.05) is 26.8 Å². The van der Waals surface area contributed by atoms with Crippen molar-refractivity contribution < 1.29 is 34.8 Å². The Bertz CT molecular complexity index is 576. The van der Waals surface area contributed by atoms with Gasteiger partial charge in [0.15, 0.2) is 6.10 Å². The number of allylic oxidation sites excluding steroid dienone is 1. The summed E-state index contributed by atoms with van der Waals surface area (Å²) in [5, 5.41) is 42.4. The minimum Gasteiger partial charge on any atom is -0.396 e. The third-order valence-corrected chi connectivity index (χ3v) is 5.00. The van der Waals surface area contributed by atoms with Crippen LogP contribution in [-0.4, -0.2) is 94.4 Å². The molecule has 0 aromatic carbocycles. The first kappa shape index (κ1) is 26.5. The van der Waals surface area contributed by atoms with Gasteiger partial charge in [-0.1, -0.05) is 32.9 Å². The van der Waals surface area contributed by atoms with E-state index >= 15 is 0 Å². The van der Waals surface area contributed by atoms with Crippen molar-refractivity contribution in [1.82, 2.24) is 10.2 Å². The second-order valence-electron chi connectivity index (χ2n) is 8.81. The standard InChI is InChI=1S/C21H38N2O7/c1-21(2,3)10-9-15(25)16(26)17(27)18(30-4)19(28)22-14-8-5-6-11-23(20(14)29)12-7-13-24/h9-10,14-18,24-27H,5-8,11-13H2,1-4H3,(H,22,28)/t14-,15+,16-,17+,18+/m0/s1. The average Bonchev–Trinajstić information content (AvgIpc) is 2.85. The number of aliphatic hydroxyl groups excluding tert-OH is 4. The molecule has 1 aliphatic heterocycles. The van der Waals surface area contributed by atoms with E-state index in [-0.39, 0.29) is 17.9 Å². The SMILES string of the molecule is CO[C@@H](C(=O)N[C@H]1CCCCN(CCCO)C1=O)[C@H](O)[C@@H](O)[C@H](O)C=CC(C)(C)C. The molecular weight excluding hydrogens is 392 g/mol. The van der Waals surface area contributed by atoms with Crippen LogP contribution in [0.4, 0.5) is 0 Å². The molecule has 5 N–H and O–H groups in total. The molecule has 1 fully saturated rings. The van der Waals surface area contributed by atoms with E-state index in [2.05, 4.69) is 5.32 Å². The lowest BCUT2D eigenvalue weighted by molar-refractivity contribution is -0.151. The highest BCUT2D eigenvalue weighted by Crippen LogP contribution is 2.18. The summed E-state index contributed by atoms with van der Waals surface area (Å²) in [5.74, 6) is -0.981. The summed E-state index contributed by atoms with van der Waals surface area (Å²) in [6.07, 6.45) is -0.683. The molecule has 0 radical (unpaired) electrons. The fourth-order valence-electron chi connectivity index (χ4n) is 3.26. The van der Waals surface area contributed by atoms with Crippen molar-refractivity contribution in [3.63, 3.8) is 0 Å². The number of amides is 2. The van der Waals surface area contributed by atoms with E-state index in [0.717, 1.165) is 12.8 Å². The van der Waals surface area contributed by atoms with E-state index < -0.39 is 36.4 Å². The Balaban J connectivity index is 2.80. The number of carbonyl (C=O) groups is 2. The lowest BCUT2D eigenvalue weighted by Crippen LogP contribution is -2.55. The maximum atomic E-state index is 12.7. The molecule has 1 saturated heterocycles. The average molecular weight is 431 g/mol. The Labute approximate surface area is 178 Å². The molecule has 1 heterocycles. The Kier molecular flexibility index (Phi) is 10.9. The monoisotopic (exact) mass is 430 g/mol. The number of carbonyl (C=O) groups excluding carboxylic acids is 2. The first-order valence-electron chi connectivity index (χ1n) is 10.5. The first-order chi connectivity index (χ1) is 14.0. The quantitative estimate of drug-likeness (QED) is 0.296. The second-order valence-corrected chi connectivity index (χ2v) is 8.81. The van der Waals surface area contributed by atoms with E-state index in [1.54, 1.807) is 11.0 Å². The van der Waals surface area contributed by atoms with Crippen molar-refractivity contribution in [2.75, 3.05) is 26.8 Å². The summed E-state index contributed by atoms with van der Waals surface area (Å²) in [7, 11) is 1.21. The molecule has 0 bridgehead atoms. The van der Waals surface area contributed by atoms with Gasteiger partial charge in [-0.2, -0.15) is 0 Å². The summed E-state index contributed by atoms with van der Waals surface area (Å²) in [5.41, 5.74) is -0.231. The second kappa shape index (κ2) is 12.4. The largest absolute Gasteiger partial charge is 0.396 e. The Morgan fingerprint density at radius 2 is 1.93 bits per heavy atom. The van der Waals surface area contributed by atoms with Gasteiger partial charge >= 0.3 is 0 Å². The van der Waals surface area contributed by atoms with Gasteiger partial charge in [0.1, 0.15) is 24.4 Å². The zero-order valence-electron chi connectivity index (χ0n) is 18.5. The molecule has 0 aliphatic carbocycles. The Morgan fingerprint density at radius 3 is 2.50 bits per heavy atom. The molecule has 0 spiro atoms. The lowest BCUT2D eigenvalue weighted by Gasteiger charge is -2.29. The van der Waals surface area contributed by atoms with Crippen molar-refractivity contribution >= 4 is 11.8 Å². The number of nitrogens with zero attached hydrogens (tertiary/aromatic N) is 1. The number of ether oxygens (including phenoxy) is 1. The van der Waals surface area contributed by atoms with Crippen molar-refractivity contribution in [3.8, 4) is 0 Å². The normalized spacial score (nSPS) is 22.5. The number of nitrogens with one attached hydrogen (secondary N) is 1. The van der Waals surface area contributed by atoms with Crippen LogP contribution in [0.15, 0.2) is 12.2 Å². The van der Waals surface area contributed by atoms with Gasteiger partial charge in [0.25, 0.3) is 5.91 Å². The number of hydrogen-bond donors (Lipinski definition) is 5. The molecule has 30 heavy (non-hydrogen) atoms. The van der Waals surface area contributed by atoms with Gasteiger partial charge in [-0.15, -0.1) is 0 Å². The topological polar surface area (TPSA) is 140 Å². The van der Waals surface area contributed by atoms with Gasteiger partial charge in [-0.05, 0) is 31.1 Å². The maximum Gasteiger partial charge on any atom is 0.252 e. The van der Waals surface area contributed by atoms with Crippen LogP contribution in [0.3, 0.4) is 0 Å². The van der Waals surface area contributed by atoms with Crippen molar-refractivity contribution in [2.24, 2.45) is 5.41 Å². The molecule has 9 heteroatoms. The van der Waals surface area contributed by atoms with Gasteiger partial charge in [0.05, 0.1) is 0 Å². The summed E-state index contributed by atoms with van der Waals surface area (Å²) in [4.78, 5) is 27.0. The van der Waals surface area contributed by atoms with E-state index in [1.807, 2.05) is 20.8 Å². The summed E-state index contributed by atoms with van der Waals surface area (Å²) in [6.45, 7) is 6.69. The van der Waals surface area contributed by atoms with Gasteiger partial charge in [-0.25, -0.2) is 0 Å². The fraction of sp³-hybridized carbons (Fsp3) is 0.810. The molecule has 0 aromatic heterocycles. The molecular formula is C21H38N2O7. The third kappa shape index (κ3) is 8.31. The van der Waals surface area contributed by atoms with E-state index in [0.29, 0.717) is 25.9 Å². The third-order valence-electron chi connectivity index (χ3n) is 5.00. The maximum absolute atomic E-state index is 12.7. The summed E-state index contributed by atoms with van der Waals surface area (Å²) < 4.78 is 5.08. The number of likely N-dealkylation sites (tertiary alicyclic amines) is 1. The summed E-state index contributed by atoms with van der Waals surface area (Å²) >= 11 is 0. The molecule has 174 valence electrons. The van der Waals surface area contributed by atoms with Crippen LogP contribution in [-0.2, 0) is 14.3 Å².